The SMILES string of the molecule is COC(=O)CCCCC1=C[C@H]2C[C@@H](O)[C@H](C=C[C@H](O)Cc3cccc([11CH3])c3)[C@H]2C1. The highest BCUT2D eigenvalue weighted by Gasteiger charge is 2.43. The molecule has 0 heterocycles. The highest BCUT2D eigenvalue weighted by Crippen LogP contribution is 2.48. The number of fused-ring (bicyclic) bond motifs is 1. The average Bonchev–Trinajstić information content (AvgIpc) is 3.19. The molecule has 2 N–H and O–H groups in total. The zero-order valence-corrected chi connectivity index (χ0v) is 17.6. The van der Waals surface area contributed by atoms with Crippen molar-refractivity contribution in [3.05, 3.63) is 59.2 Å². The van der Waals surface area contributed by atoms with Gasteiger partial charge in [0.1, 0.15) is 0 Å². The van der Waals surface area contributed by atoms with E-state index >= 15 is 0 Å². The third-order valence-electron chi connectivity index (χ3n) is 6.39. The van der Waals surface area contributed by atoms with Gasteiger partial charge in [-0.25, -0.2) is 0 Å². The van der Waals surface area contributed by atoms with Crippen LogP contribution in [0.4, 0.5) is 0 Å². The van der Waals surface area contributed by atoms with Crippen LogP contribution in [0, 0.1) is 24.7 Å². The lowest BCUT2D eigenvalue weighted by Gasteiger charge is -2.19. The van der Waals surface area contributed by atoms with E-state index in [4.69, 9.17) is 0 Å². The Bertz CT molecular complexity index is 751. The maximum Gasteiger partial charge on any atom is 0.305 e. The molecule has 0 unspecified atom stereocenters. The fourth-order valence-corrected chi connectivity index (χ4v) is 4.92. The molecule has 0 aromatic heterocycles. The van der Waals surface area contributed by atoms with Crippen molar-refractivity contribution in [2.75, 3.05) is 7.11 Å². The van der Waals surface area contributed by atoms with Crippen LogP contribution in [0.5, 0.6) is 0 Å². The number of rotatable bonds is 9. The zero-order valence-electron chi connectivity index (χ0n) is 17.6. The molecule has 1 fully saturated rings. The van der Waals surface area contributed by atoms with E-state index in [2.05, 4.69) is 29.9 Å². The molecule has 4 heteroatoms. The van der Waals surface area contributed by atoms with Gasteiger partial charge in [0.25, 0.3) is 0 Å². The summed E-state index contributed by atoms with van der Waals surface area (Å²) in [6.07, 6.45) is 11.2. The van der Waals surface area contributed by atoms with E-state index < -0.39 is 6.10 Å². The minimum atomic E-state index is -0.532. The molecule has 0 amide bonds. The minimum absolute atomic E-state index is 0.107. The summed E-state index contributed by atoms with van der Waals surface area (Å²) in [5.74, 6) is 0.836. The third kappa shape index (κ3) is 6.03. The van der Waals surface area contributed by atoms with Crippen molar-refractivity contribution < 1.29 is 19.7 Å². The minimum Gasteiger partial charge on any atom is -0.469 e. The Morgan fingerprint density at radius 2 is 2.17 bits per heavy atom. The molecule has 0 radical (unpaired) electrons. The molecule has 0 spiro atoms. The van der Waals surface area contributed by atoms with E-state index in [1.807, 2.05) is 24.3 Å². The second-order valence-corrected chi connectivity index (χ2v) is 8.67. The van der Waals surface area contributed by atoms with E-state index in [-0.39, 0.29) is 18.0 Å². The molecule has 0 saturated heterocycles. The van der Waals surface area contributed by atoms with Crippen LogP contribution in [-0.2, 0) is 16.0 Å². The van der Waals surface area contributed by atoms with Crippen LogP contribution in [0.2, 0.25) is 0 Å². The Balaban J connectivity index is 1.49. The van der Waals surface area contributed by atoms with Gasteiger partial charge in [0, 0.05) is 18.8 Å². The van der Waals surface area contributed by atoms with Gasteiger partial charge in [0.15, 0.2) is 0 Å². The number of hydrogen-bond acceptors (Lipinski definition) is 4. The number of carbonyl (C=O) groups is 1. The second kappa shape index (κ2) is 10.2. The Kier molecular flexibility index (Phi) is 7.68. The van der Waals surface area contributed by atoms with Gasteiger partial charge in [0.05, 0.1) is 19.3 Å². The highest BCUT2D eigenvalue weighted by molar-refractivity contribution is 5.68. The highest BCUT2D eigenvalue weighted by atomic mass is 16.5. The van der Waals surface area contributed by atoms with Crippen LogP contribution >= 0.6 is 0 Å². The number of hydrogen-bond donors (Lipinski definition) is 2. The molecule has 4 nitrogen and oxygen atoms in total. The summed E-state index contributed by atoms with van der Waals surface area (Å²) in [6, 6.07) is 8.22. The summed E-state index contributed by atoms with van der Waals surface area (Å²) in [5, 5.41) is 20.9. The lowest BCUT2D eigenvalue weighted by molar-refractivity contribution is -0.140. The molecule has 2 aliphatic carbocycles. The van der Waals surface area contributed by atoms with Gasteiger partial charge in [-0.1, -0.05) is 53.6 Å². The van der Waals surface area contributed by atoms with Gasteiger partial charge in [-0.05, 0) is 56.4 Å². The van der Waals surface area contributed by atoms with E-state index in [1.54, 1.807) is 0 Å². The maximum atomic E-state index is 11.2. The van der Waals surface area contributed by atoms with Crippen LogP contribution in [0.1, 0.15) is 49.7 Å². The zero-order chi connectivity index (χ0) is 20.8. The molecule has 1 aromatic carbocycles. The van der Waals surface area contributed by atoms with E-state index in [0.29, 0.717) is 24.7 Å². The summed E-state index contributed by atoms with van der Waals surface area (Å²) >= 11 is 0. The molecule has 0 bridgehead atoms. The number of methoxy groups -OCH3 is 1. The summed E-state index contributed by atoms with van der Waals surface area (Å²) in [5.41, 5.74) is 3.78. The van der Waals surface area contributed by atoms with Crippen molar-refractivity contribution >= 4 is 5.97 Å². The fourth-order valence-electron chi connectivity index (χ4n) is 4.92. The Labute approximate surface area is 174 Å². The number of allylic oxidation sites excluding steroid dienone is 2. The number of esters is 1. The standard InChI is InChI=1S/C25H34O4/c1-17-6-5-8-18(12-17)14-21(26)10-11-22-23-15-19(13-20(23)16-24(22)27)7-3-4-9-25(28)29-2/h5-6,8,10-13,20-24,26-27H,3-4,7,9,14-16H2,1-2H3/t20-,21-,22+,23-,24+/m0/s1/i1-1. The number of unbranched alkanes of at least 4 members (excludes halogenated alkanes) is 1. The maximum absolute atomic E-state index is 11.2. The number of benzene rings is 1. The number of aliphatic hydroxyl groups is 2. The molecule has 29 heavy (non-hydrogen) atoms. The van der Waals surface area contributed by atoms with Gasteiger partial charge in [0.2, 0.25) is 0 Å². The number of aryl methyl sites for hydroxylation is 1. The van der Waals surface area contributed by atoms with Crippen LogP contribution in [0.25, 0.3) is 0 Å². The van der Waals surface area contributed by atoms with Gasteiger partial charge >= 0.3 is 5.97 Å². The van der Waals surface area contributed by atoms with Crippen LogP contribution in [-0.4, -0.2) is 35.5 Å². The monoisotopic (exact) mass is 397 g/mol. The average molecular weight is 398 g/mol. The first kappa shape index (κ1) is 21.8. The number of carbonyl (C=O) groups excluding carboxylic acids is 1. The predicted octanol–water partition coefficient (Wildman–Crippen LogP) is 4.13. The molecule has 3 rings (SSSR count). The van der Waals surface area contributed by atoms with Gasteiger partial charge in [-0.3, -0.25) is 4.79 Å². The van der Waals surface area contributed by atoms with Gasteiger partial charge < -0.3 is 14.9 Å². The van der Waals surface area contributed by atoms with Crippen molar-refractivity contribution in [3.8, 4) is 0 Å². The van der Waals surface area contributed by atoms with E-state index in [9.17, 15) is 15.0 Å². The van der Waals surface area contributed by atoms with Crippen LogP contribution in [0.3, 0.4) is 0 Å². The largest absolute Gasteiger partial charge is 0.469 e. The molecule has 1 aromatic rings. The first-order chi connectivity index (χ1) is 14.0. The fraction of sp³-hybridized carbons (Fsp3) is 0.560. The lowest BCUT2D eigenvalue weighted by atomic mass is 9.88. The summed E-state index contributed by atoms with van der Waals surface area (Å²) in [6.45, 7) is 2.06. The first-order valence-electron chi connectivity index (χ1n) is 10.8. The van der Waals surface area contributed by atoms with Crippen molar-refractivity contribution in [1.29, 1.82) is 0 Å². The summed E-state index contributed by atoms with van der Waals surface area (Å²) in [7, 11) is 1.43. The van der Waals surface area contributed by atoms with E-state index in [0.717, 1.165) is 37.7 Å². The molecule has 5 atom stereocenters. The molecule has 158 valence electrons. The first-order valence-corrected chi connectivity index (χ1v) is 10.8. The molecule has 2 aliphatic rings. The van der Waals surface area contributed by atoms with Crippen LogP contribution < -0.4 is 0 Å². The molecular formula is C25H34O4. The summed E-state index contributed by atoms with van der Waals surface area (Å²) < 4.78 is 4.69. The van der Waals surface area contributed by atoms with E-state index in [1.165, 1.54) is 18.2 Å². The Morgan fingerprint density at radius 1 is 1.34 bits per heavy atom. The lowest BCUT2D eigenvalue weighted by Crippen LogP contribution is -2.18. The summed E-state index contributed by atoms with van der Waals surface area (Å²) in [4.78, 5) is 11.2. The Morgan fingerprint density at radius 3 is 2.93 bits per heavy atom. The van der Waals surface area contributed by atoms with Gasteiger partial charge in [-0.2, -0.15) is 0 Å². The topological polar surface area (TPSA) is 66.8 Å². The van der Waals surface area contributed by atoms with Crippen molar-refractivity contribution in [1.82, 2.24) is 0 Å². The van der Waals surface area contributed by atoms with Crippen molar-refractivity contribution in [2.24, 2.45) is 17.8 Å². The number of aliphatic hydroxyl groups excluding tert-OH is 2. The molecule has 0 aliphatic heterocycles. The second-order valence-electron chi connectivity index (χ2n) is 8.67. The molecule has 1 saturated carbocycles. The number of ether oxygens (including phenoxy) is 1. The van der Waals surface area contributed by atoms with Crippen molar-refractivity contribution in [2.45, 2.75) is 64.1 Å². The molecular weight excluding hydrogens is 363 g/mol. The predicted molar refractivity (Wildman–Crippen MR) is 114 cm³/mol. The normalized spacial score (nSPS) is 27.1. The quantitative estimate of drug-likeness (QED) is 0.373. The van der Waals surface area contributed by atoms with Gasteiger partial charge in [-0.15, -0.1) is 0 Å². The third-order valence-corrected chi connectivity index (χ3v) is 6.39. The smallest absolute Gasteiger partial charge is 0.305 e. The van der Waals surface area contributed by atoms with Crippen LogP contribution in [0.15, 0.2) is 48.1 Å². The Hall–Kier alpha value is -1.91. The van der Waals surface area contributed by atoms with Crippen molar-refractivity contribution in [3.63, 3.8) is 0 Å².